The van der Waals surface area contributed by atoms with Crippen LogP contribution in [-0.2, 0) is 16.3 Å². The molecule has 2 atom stereocenters. The van der Waals surface area contributed by atoms with Gasteiger partial charge in [-0.15, -0.1) is 0 Å². The molecule has 0 amide bonds. The van der Waals surface area contributed by atoms with Crippen LogP contribution in [0.1, 0.15) is 6.92 Å². The fourth-order valence-corrected chi connectivity index (χ4v) is 1.04. The second-order valence-corrected chi connectivity index (χ2v) is 4.42. The van der Waals surface area contributed by atoms with Crippen LogP contribution in [0.3, 0.4) is 0 Å². The third-order valence-electron chi connectivity index (χ3n) is 0.734. The Hall–Kier alpha value is 0.450. The number of nitrogens with two attached hydrogens (primary N) is 1. The van der Waals surface area contributed by atoms with Gasteiger partial charge in [0, 0.05) is 0 Å². The molecule has 0 bridgehead atoms. The highest BCUT2D eigenvalue weighted by Crippen LogP contribution is 2.37. The number of aliphatic hydroxyl groups excluding tert-OH is 1. The minimum Gasteiger partial charge on any atom is -0.389 e. The maximum Gasteiger partial charge on any atom is 0.323 e. The lowest BCUT2D eigenvalue weighted by molar-refractivity contribution is 0.0434. The quantitative estimate of drug-likeness (QED) is 0.330. The van der Waals surface area contributed by atoms with Crippen LogP contribution >= 0.6 is 6.72 Å². The van der Waals surface area contributed by atoms with Crippen LogP contribution in [0.15, 0.2) is 0 Å². The third kappa shape index (κ3) is 5.25. The Kier molecular flexibility index (Phi) is 3.90. The van der Waals surface area contributed by atoms with Crippen LogP contribution in [0.5, 0.6) is 0 Å². The van der Waals surface area contributed by atoms with Crippen LogP contribution in [-0.4, -0.2) is 27.2 Å². The molecule has 62 valence electrons. The first kappa shape index (κ1) is 10.4. The highest BCUT2D eigenvalue weighted by molar-refractivity contribution is 8.06. The summed E-state index contributed by atoms with van der Waals surface area (Å²) in [5.74, 6) is 0. The van der Waals surface area contributed by atoms with Crippen LogP contribution < -0.4 is 5.73 Å². The van der Waals surface area contributed by atoms with Gasteiger partial charge in [0.05, 0.1) is 6.10 Å². The van der Waals surface area contributed by atoms with Gasteiger partial charge in [-0.1, -0.05) is 0 Å². The molecule has 0 saturated heterocycles. The average molecular weight is 187 g/mol. The molecule has 0 aromatic heterocycles. The van der Waals surface area contributed by atoms with Crippen molar-refractivity contribution in [1.29, 1.82) is 0 Å². The Bertz CT molecular complexity index is 145. The zero-order valence-electron chi connectivity index (χ0n) is 5.34. The van der Waals surface area contributed by atoms with E-state index in [9.17, 15) is 0 Å². The van der Waals surface area contributed by atoms with Crippen LogP contribution in [0.4, 0.5) is 0 Å². The molecule has 0 rings (SSSR count). The van der Waals surface area contributed by atoms with Crippen molar-refractivity contribution in [1.82, 2.24) is 0 Å². The van der Waals surface area contributed by atoms with E-state index in [0.29, 0.717) is 0 Å². The molecule has 0 saturated carbocycles. The van der Waals surface area contributed by atoms with E-state index in [2.05, 4.69) is 16.3 Å². The molecular weight excluding hydrogens is 177 g/mol. The highest BCUT2D eigenvalue weighted by atomic mass is 32.5. The Morgan fingerprint density at radius 1 is 1.60 bits per heavy atom. The summed E-state index contributed by atoms with van der Waals surface area (Å²) in [6, 6.07) is 0. The maximum atomic E-state index is 8.68. The second kappa shape index (κ2) is 3.73. The zero-order chi connectivity index (χ0) is 8.36. The Morgan fingerprint density at radius 2 is 2.00 bits per heavy atom. The van der Waals surface area contributed by atoms with Crippen molar-refractivity contribution in [2.45, 2.75) is 19.3 Å². The summed E-state index contributed by atoms with van der Waals surface area (Å²) in [6.45, 7) is -2.37. The standard InChI is InChI=1S/C3H10NO4PS/c1-2(5)3(4)8-9(6,7)10/h2-3,5H,4H2,1H3,(H2,6,7,10). The number of hydrogen-bond donors (Lipinski definition) is 4. The van der Waals surface area contributed by atoms with Gasteiger partial charge >= 0.3 is 6.72 Å². The Labute approximate surface area is 63.7 Å². The molecule has 0 aliphatic rings. The van der Waals surface area contributed by atoms with Gasteiger partial charge in [-0.2, -0.15) is 0 Å². The summed E-state index contributed by atoms with van der Waals surface area (Å²) >= 11 is 4.09. The fourth-order valence-electron chi connectivity index (χ4n) is 0.247. The minimum absolute atomic E-state index is 0.971. The molecule has 0 heterocycles. The van der Waals surface area contributed by atoms with Crippen molar-refractivity contribution in [2.24, 2.45) is 5.73 Å². The summed E-state index contributed by atoms with van der Waals surface area (Å²) in [5.41, 5.74) is 5.07. The predicted octanol–water partition coefficient (Wildman–Crippen LogP) is -1.12. The van der Waals surface area contributed by atoms with E-state index in [4.69, 9.17) is 20.6 Å². The van der Waals surface area contributed by atoms with Gasteiger partial charge < -0.3 is 20.6 Å². The summed E-state index contributed by atoms with van der Waals surface area (Å²) < 4.78 is 4.26. The monoisotopic (exact) mass is 187 g/mol. The Morgan fingerprint density at radius 3 is 2.10 bits per heavy atom. The molecule has 7 heteroatoms. The number of aliphatic hydroxyl groups is 1. The van der Waals surface area contributed by atoms with Gasteiger partial charge in [0.25, 0.3) is 0 Å². The first-order valence-electron chi connectivity index (χ1n) is 2.50. The van der Waals surface area contributed by atoms with Crippen molar-refractivity contribution in [2.75, 3.05) is 0 Å². The third-order valence-corrected chi connectivity index (χ3v) is 1.51. The van der Waals surface area contributed by atoms with E-state index >= 15 is 0 Å². The minimum atomic E-state index is -3.73. The molecule has 5 nitrogen and oxygen atoms in total. The number of hydrogen-bond acceptors (Lipinski definition) is 4. The maximum absolute atomic E-state index is 8.68. The molecule has 0 aliphatic heterocycles. The van der Waals surface area contributed by atoms with E-state index in [0.717, 1.165) is 0 Å². The van der Waals surface area contributed by atoms with Crippen molar-refractivity contribution < 1.29 is 19.4 Å². The molecule has 0 fully saturated rings. The molecule has 0 spiro atoms. The van der Waals surface area contributed by atoms with E-state index in [1.54, 1.807) is 0 Å². The van der Waals surface area contributed by atoms with Gasteiger partial charge in [0.1, 0.15) is 6.23 Å². The van der Waals surface area contributed by atoms with Gasteiger partial charge in [-0.25, -0.2) is 0 Å². The largest absolute Gasteiger partial charge is 0.389 e. The zero-order valence-corrected chi connectivity index (χ0v) is 7.05. The first-order chi connectivity index (χ1) is 4.33. The number of rotatable bonds is 3. The molecule has 10 heavy (non-hydrogen) atoms. The molecule has 0 radical (unpaired) electrons. The van der Waals surface area contributed by atoms with E-state index in [1.165, 1.54) is 6.92 Å². The SMILES string of the molecule is CC(O)C(N)OP(O)(O)=S. The molecule has 5 N–H and O–H groups in total. The van der Waals surface area contributed by atoms with Gasteiger partial charge in [-0.05, 0) is 18.7 Å². The van der Waals surface area contributed by atoms with Gasteiger partial charge in [0.15, 0.2) is 0 Å². The van der Waals surface area contributed by atoms with Crippen LogP contribution in [0.2, 0.25) is 0 Å². The highest BCUT2D eigenvalue weighted by Gasteiger charge is 2.17. The van der Waals surface area contributed by atoms with Crippen molar-refractivity contribution in [3.05, 3.63) is 0 Å². The Balaban J connectivity index is 3.80. The summed E-state index contributed by atoms with van der Waals surface area (Å²) in [7, 11) is 0. The van der Waals surface area contributed by atoms with E-state index < -0.39 is 19.1 Å². The summed E-state index contributed by atoms with van der Waals surface area (Å²) in [4.78, 5) is 17.0. The summed E-state index contributed by atoms with van der Waals surface area (Å²) in [6.07, 6.45) is -2.11. The normalized spacial score (nSPS) is 18.5. The van der Waals surface area contributed by atoms with Crippen molar-refractivity contribution in [3.63, 3.8) is 0 Å². The molecule has 0 aromatic rings. The molecular formula is C3H10NO4PS. The van der Waals surface area contributed by atoms with E-state index in [1.807, 2.05) is 0 Å². The fraction of sp³-hybridized carbons (Fsp3) is 1.00. The molecule has 0 aliphatic carbocycles. The topological polar surface area (TPSA) is 95.9 Å². The van der Waals surface area contributed by atoms with Crippen molar-refractivity contribution in [3.8, 4) is 0 Å². The predicted molar refractivity (Wildman–Crippen MR) is 39.5 cm³/mol. The van der Waals surface area contributed by atoms with Gasteiger partial charge in [0.2, 0.25) is 0 Å². The molecule has 0 aromatic carbocycles. The second-order valence-electron chi connectivity index (χ2n) is 1.80. The van der Waals surface area contributed by atoms with Gasteiger partial charge in [-0.3, -0.25) is 4.52 Å². The lowest BCUT2D eigenvalue weighted by atomic mass is 10.4. The van der Waals surface area contributed by atoms with Crippen LogP contribution in [0, 0.1) is 0 Å². The first-order valence-corrected chi connectivity index (χ1v) is 5.13. The average Bonchev–Trinajstić information content (AvgIpc) is 1.60. The lowest BCUT2D eigenvalue weighted by Crippen LogP contribution is -2.34. The smallest absolute Gasteiger partial charge is 0.323 e. The van der Waals surface area contributed by atoms with Crippen molar-refractivity contribution >= 4 is 18.5 Å². The lowest BCUT2D eigenvalue weighted by Gasteiger charge is -2.17. The van der Waals surface area contributed by atoms with E-state index in [-0.39, 0.29) is 0 Å². The molecule has 2 unspecified atom stereocenters. The van der Waals surface area contributed by atoms with Crippen LogP contribution in [0.25, 0.3) is 0 Å². The summed E-state index contributed by atoms with van der Waals surface area (Å²) in [5, 5.41) is 8.68.